The summed E-state index contributed by atoms with van der Waals surface area (Å²) in [5.74, 6) is 0.863. The lowest BCUT2D eigenvalue weighted by Crippen LogP contribution is -2.28. The van der Waals surface area contributed by atoms with Gasteiger partial charge >= 0.3 is 0 Å². The molecule has 1 unspecified atom stereocenters. The van der Waals surface area contributed by atoms with Gasteiger partial charge in [-0.1, -0.05) is 11.8 Å². The van der Waals surface area contributed by atoms with Gasteiger partial charge in [-0.25, -0.2) is 0 Å². The van der Waals surface area contributed by atoms with E-state index in [-0.39, 0.29) is 10.6 Å². The minimum Gasteiger partial charge on any atom is -0.497 e. The van der Waals surface area contributed by atoms with E-state index in [9.17, 15) is 4.39 Å². The third-order valence-electron chi connectivity index (χ3n) is 3.32. The molecule has 2 aliphatic heterocycles. The first-order valence-electron chi connectivity index (χ1n) is 6.12. The number of anilines is 1. The van der Waals surface area contributed by atoms with Crippen LogP contribution in [0.1, 0.15) is 4.88 Å². The quantitative estimate of drug-likeness (QED) is 0.914. The number of methoxy groups -OCH3 is 1. The van der Waals surface area contributed by atoms with Gasteiger partial charge < -0.3 is 15.0 Å². The summed E-state index contributed by atoms with van der Waals surface area (Å²) in [6.45, 7) is 0. The highest BCUT2D eigenvalue weighted by molar-refractivity contribution is 8.00. The number of thioether (sulfide) groups is 1. The van der Waals surface area contributed by atoms with Crippen molar-refractivity contribution in [3.05, 3.63) is 46.5 Å². The Bertz CT molecular complexity index is 713. The van der Waals surface area contributed by atoms with E-state index in [1.165, 1.54) is 11.0 Å². The molecule has 1 aromatic heterocycles. The minimum atomic E-state index is -0.160. The first-order valence-corrected chi connectivity index (χ1v) is 7.81. The highest BCUT2D eigenvalue weighted by Crippen LogP contribution is 2.47. The number of fused-ring (bicyclic) bond motifs is 3. The molecule has 3 heterocycles. The molecule has 1 N–H and O–H groups in total. The van der Waals surface area contributed by atoms with Crippen LogP contribution in [0.2, 0.25) is 0 Å². The van der Waals surface area contributed by atoms with E-state index in [2.05, 4.69) is 16.3 Å². The number of hydrogen-bond acceptors (Lipinski definition) is 5. The van der Waals surface area contributed by atoms with Crippen LogP contribution in [0.4, 0.5) is 10.1 Å². The molecule has 0 bridgehead atoms. The number of nitrogens with one attached hydrogen (secondary N) is 1. The Balaban J connectivity index is 1.69. The van der Waals surface area contributed by atoms with Crippen molar-refractivity contribution < 1.29 is 9.13 Å². The van der Waals surface area contributed by atoms with Crippen LogP contribution in [0.5, 0.6) is 5.75 Å². The van der Waals surface area contributed by atoms with Crippen molar-refractivity contribution in [1.29, 1.82) is 0 Å². The monoisotopic (exact) mass is 306 g/mol. The van der Waals surface area contributed by atoms with Gasteiger partial charge in [0.2, 0.25) is 0 Å². The fourth-order valence-corrected chi connectivity index (χ4v) is 4.27. The number of benzene rings is 1. The summed E-state index contributed by atoms with van der Waals surface area (Å²) in [6.07, 6.45) is 2.04. The summed E-state index contributed by atoms with van der Waals surface area (Å²) in [7, 11) is 1.67. The third kappa shape index (κ3) is 1.79. The van der Waals surface area contributed by atoms with Gasteiger partial charge in [0.1, 0.15) is 5.75 Å². The van der Waals surface area contributed by atoms with Crippen molar-refractivity contribution in [1.82, 2.24) is 5.32 Å². The molecule has 0 amide bonds. The Morgan fingerprint density at radius 2 is 2.20 bits per heavy atom. The van der Waals surface area contributed by atoms with E-state index in [4.69, 9.17) is 4.74 Å². The molecular formula is C14H11FN2OS2. The lowest BCUT2D eigenvalue weighted by atomic mass is 10.3. The van der Waals surface area contributed by atoms with Crippen LogP contribution in [0.15, 0.2) is 41.4 Å². The molecular weight excluding hydrogens is 295 g/mol. The number of halogens is 1. The fraction of sp³-hybridized carbons (Fsp3) is 0.143. The zero-order valence-corrected chi connectivity index (χ0v) is 12.2. The fourth-order valence-electron chi connectivity index (χ4n) is 2.37. The molecule has 0 radical (unpaired) electrons. The summed E-state index contributed by atoms with van der Waals surface area (Å²) < 4.78 is 18.4. The molecule has 0 aliphatic carbocycles. The predicted molar refractivity (Wildman–Crippen MR) is 80.5 cm³/mol. The third-order valence-corrected chi connectivity index (χ3v) is 5.38. The molecule has 2 aromatic rings. The lowest BCUT2D eigenvalue weighted by molar-refractivity contribution is 0.414. The van der Waals surface area contributed by atoms with Crippen molar-refractivity contribution in [3.8, 4) is 5.75 Å². The van der Waals surface area contributed by atoms with Gasteiger partial charge in [-0.05, 0) is 30.3 Å². The highest BCUT2D eigenvalue weighted by Gasteiger charge is 2.34. The molecule has 1 aromatic carbocycles. The highest BCUT2D eigenvalue weighted by atomic mass is 32.2. The largest absolute Gasteiger partial charge is 0.497 e. The molecule has 0 saturated heterocycles. The Kier molecular flexibility index (Phi) is 2.68. The van der Waals surface area contributed by atoms with Gasteiger partial charge in [0, 0.05) is 11.1 Å². The molecule has 102 valence electrons. The van der Waals surface area contributed by atoms with E-state index < -0.39 is 0 Å². The number of rotatable bonds is 2. The van der Waals surface area contributed by atoms with E-state index in [0.29, 0.717) is 0 Å². The first kappa shape index (κ1) is 12.1. The molecule has 6 heteroatoms. The zero-order chi connectivity index (χ0) is 13.7. The Morgan fingerprint density at radius 3 is 2.95 bits per heavy atom. The molecule has 3 nitrogen and oxygen atoms in total. The Morgan fingerprint density at radius 1 is 1.30 bits per heavy atom. The van der Waals surface area contributed by atoms with Gasteiger partial charge in [-0.15, -0.1) is 11.3 Å². The number of nitrogens with zero attached hydrogens (tertiary/aromatic N) is 1. The van der Waals surface area contributed by atoms with Gasteiger partial charge in [0.05, 0.1) is 23.4 Å². The van der Waals surface area contributed by atoms with Crippen molar-refractivity contribution in [2.24, 2.45) is 0 Å². The number of hydrogen-bond donors (Lipinski definition) is 1. The standard InChI is InChI=1S/C14H11FN2OS2/c1-18-8-2-3-10-12(6-8)20-14-16-9(7-17(10)14)11-4-5-13(15)19-11/h2-7,14,16H,1H3. The Hall–Kier alpha value is -1.66. The van der Waals surface area contributed by atoms with Crippen LogP contribution in [0.3, 0.4) is 0 Å². The van der Waals surface area contributed by atoms with E-state index >= 15 is 0 Å². The zero-order valence-electron chi connectivity index (χ0n) is 10.6. The molecule has 0 spiro atoms. The van der Waals surface area contributed by atoms with Gasteiger partial charge in [0.25, 0.3) is 0 Å². The Labute approximate surface area is 124 Å². The second-order valence-corrected chi connectivity index (χ2v) is 6.66. The van der Waals surface area contributed by atoms with Crippen molar-refractivity contribution in [2.45, 2.75) is 10.4 Å². The minimum absolute atomic E-state index is 0.136. The van der Waals surface area contributed by atoms with Crippen LogP contribution in [0, 0.1) is 5.13 Å². The van der Waals surface area contributed by atoms with Crippen molar-refractivity contribution in [2.75, 3.05) is 12.0 Å². The van der Waals surface area contributed by atoms with Crippen LogP contribution < -0.4 is 15.0 Å². The van der Waals surface area contributed by atoms with Crippen LogP contribution >= 0.6 is 23.1 Å². The lowest BCUT2D eigenvalue weighted by Gasteiger charge is -2.15. The van der Waals surface area contributed by atoms with Crippen LogP contribution in [0.25, 0.3) is 5.70 Å². The van der Waals surface area contributed by atoms with E-state index in [1.54, 1.807) is 24.9 Å². The van der Waals surface area contributed by atoms with Gasteiger partial charge in [-0.3, -0.25) is 0 Å². The smallest absolute Gasteiger partial charge is 0.177 e. The van der Waals surface area contributed by atoms with Crippen molar-refractivity contribution >= 4 is 34.5 Å². The molecule has 20 heavy (non-hydrogen) atoms. The molecule has 0 saturated carbocycles. The average Bonchev–Trinajstić information content (AvgIpc) is 3.11. The second-order valence-electron chi connectivity index (χ2n) is 4.50. The van der Waals surface area contributed by atoms with E-state index in [0.717, 1.165) is 33.3 Å². The molecule has 4 rings (SSSR count). The first-order chi connectivity index (χ1) is 9.74. The number of thiophene rings is 1. The average molecular weight is 306 g/mol. The summed E-state index contributed by atoms with van der Waals surface area (Å²) in [5.41, 5.74) is 2.26. The molecule has 0 fully saturated rings. The van der Waals surface area contributed by atoms with Crippen LogP contribution in [-0.2, 0) is 0 Å². The maximum Gasteiger partial charge on any atom is 0.177 e. The maximum absolute atomic E-state index is 13.1. The van der Waals surface area contributed by atoms with Gasteiger partial charge in [-0.2, -0.15) is 4.39 Å². The number of ether oxygens (including phenoxy) is 1. The van der Waals surface area contributed by atoms with Crippen molar-refractivity contribution in [3.63, 3.8) is 0 Å². The molecule has 2 aliphatic rings. The maximum atomic E-state index is 13.1. The van der Waals surface area contributed by atoms with Gasteiger partial charge in [0.15, 0.2) is 10.6 Å². The summed E-state index contributed by atoms with van der Waals surface area (Å²) in [4.78, 5) is 4.29. The van der Waals surface area contributed by atoms with Crippen LogP contribution in [-0.4, -0.2) is 12.6 Å². The normalized spacial score (nSPS) is 19.4. The summed E-state index contributed by atoms with van der Waals surface area (Å²) >= 11 is 2.89. The van der Waals surface area contributed by atoms with E-state index in [1.807, 2.05) is 18.3 Å². The summed E-state index contributed by atoms with van der Waals surface area (Å²) in [6, 6.07) is 9.35. The molecule has 1 atom stereocenters. The predicted octanol–water partition coefficient (Wildman–Crippen LogP) is 3.69. The second kappa shape index (κ2) is 4.43. The topological polar surface area (TPSA) is 24.5 Å². The SMILES string of the molecule is COc1ccc2c(c1)SC1NC(c3ccc(F)s3)=CN21. The summed E-state index contributed by atoms with van der Waals surface area (Å²) in [5, 5.41) is 3.26.